The Morgan fingerprint density at radius 2 is 1.74 bits per heavy atom. The van der Waals surface area contributed by atoms with Gasteiger partial charge in [-0.05, 0) is 67.8 Å². The van der Waals surface area contributed by atoms with Gasteiger partial charge in [0.15, 0.2) is 0 Å². The fourth-order valence-electron chi connectivity index (χ4n) is 3.35. The van der Waals surface area contributed by atoms with Crippen LogP contribution in [0, 0.1) is 0 Å². The summed E-state index contributed by atoms with van der Waals surface area (Å²) in [5.74, 6) is -0.839. The summed E-state index contributed by atoms with van der Waals surface area (Å²) in [6.45, 7) is 7.63. The normalized spacial score (nSPS) is 12.1. The van der Waals surface area contributed by atoms with Crippen LogP contribution in [0.5, 0.6) is 0 Å². The van der Waals surface area contributed by atoms with E-state index >= 15 is 0 Å². The van der Waals surface area contributed by atoms with Crippen molar-refractivity contribution in [3.63, 3.8) is 0 Å². The van der Waals surface area contributed by atoms with Crippen LogP contribution in [0.25, 0.3) is 10.1 Å². The van der Waals surface area contributed by atoms with Crippen LogP contribution in [0.1, 0.15) is 49.2 Å². The van der Waals surface area contributed by atoms with Gasteiger partial charge in [-0.25, -0.2) is 9.59 Å². The summed E-state index contributed by atoms with van der Waals surface area (Å²) in [5.41, 5.74) is 1.64. The van der Waals surface area contributed by atoms with Crippen LogP contribution in [0.3, 0.4) is 0 Å². The monoisotopic (exact) mass is 482 g/mol. The lowest BCUT2D eigenvalue weighted by atomic mass is 10.0. The first-order chi connectivity index (χ1) is 16.2. The first kappa shape index (κ1) is 25.2. The van der Waals surface area contributed by atoms with Gasteiger partial charge < -0.3 is 20.1 Å². The lowest BCUT2D eigenvalue weighted by Crippen LogP contribution is -2.43. The molecule has 1 aromatic heterocycles. The maximum Gasteiger partial charge on any atom is 0.407 e. The van der Waals surface area contributed by atoms with Crippen molar-refractivity contribution in [1.82, 2.24) is 10.6 Å². The minimum absolute atomic E-state index is 0.231. The van der Waals surface area contributed by atoms with Gasteiger partial charge in [-0.15, -0.1) is 11.3 Å². The fourth-order valence-corrected chi connectivity index (χ4v) is 4.33. The molecule has 180 valence electrons. The summed E-state index contributed by atoms with van der Waals surface area (Å²) in [6, 6.07) is 14.0. The maximum absolute atomic E-state index is 12.9. The highest BCUT2D eigenvalue weighted by molar-refractivity contribution is 7.17. The van der Waals surface area contributed by atoms with Crippen LogP contribution in [0.2, 0.25) is 0 Å². The number of carbonyl (C=O) groups is 3. The Morgan fingerprint density at radius 3 is 2.41 bits per heavy atom. The SMILES string of the molecule is CCOC(=O)C(Cc1csc2ccccc12)NC(=O)c1ccc(CNC(=O)OC(C)(C)C)cc1. The lowest BCUT2D eigenvalue weighted by molar-refractivity contribution is -0.145. The number of rotatable bonds is 8. The van der Waals surface area contributed by atoms with Crippen LogP contribution >= 0.6 is 11.3 Å². The third-order valence-electron chi connectivity index (χ3n) is 4.91. The number of fused-ring (bicyclic) bond motifs is 1. The highest BCUT2D eigenvalue weighted by Gasteiger charge is 2.24. The average molecular weight is 483 g/mol. The zero-order valence-electron chi connectivity index (χ0n) is 19.8. The van der Waals surface area contributed by atoms with Crippen LogP contribution < -0.4 is 10.6 Å². The molecule has 0 saturated heterocycles. The molecule has 0 spiro atoms. The van der Waals surface area contributed by atoms with Crippen molar-refractivity contribution in [2.45, 2.75) is 52.3 Å². The summed E-state index contributed by atoms with van der Waals surface area (Å²) in [5, 5.41) is 8.58. The summed E-state index contributed by atoms with van der Waals surface area (Å²) in [4.78, 5) is 37.3. The van der Waals surface area contributed by atoms with Crippen LogP contribution in [-0.4, -0.2) is 36.2 Å². The van der Waals surface area contributed by atoms with Gasteiger partial charge in [0.1, 0.15) is 11.6 Å². The first-order valence-corrected chi connectivity index (χ1v) is 12.0. The summed E-state index contributed by atoms with van der Waals surface area (Å²) >= 11 is 1.60. The lowest BCUT2D eigenvalue weighted by Gasteiger charge is -2.19. The molecule has 0 aliphatic heterocycles. The molecule has 2 aromatic carbocycles. The van der Waals surface area contributed by atoms with E-state index < -0.39 is 23.7 Å². The van der Waals surface area contributed by atoms with Crippen LogP contribution in [0.15, 0.2) is 53.9 Å². The number of hydrogen-bond donors (Lipinski definition) is 2. The van der Waals surface area contributed by atoms with E-state index in [1.807, 2.05) is 29.6 Å². The Bertz CT molecular complexity index is 1150. The van der Waals surface area contributed by atoms with Gasteiger partial charge in [0.25, 0.3) is 5.91 Å². The molecule has 0 saturated carbocycles. The second kappa shape index (κ2) is 11.2. The number of amides is 2. The molecule has 2 N–H and O–H groups in total. The highest BCUT2D eigenvalue weighted by atomic mass is 32.1. The second-order valence-corrected chi connectivity index (χ2v) is 9.70. The molecule has 1 atom stereocenters. The second-order valence-electron chi connectivity index (χ2n) is 8.79. The third kappa shape index (κ3) is 7.05. The molecule has 0 radical (unpaired) electrons. The predicted molar refractivity (Wildman–Crippen MR) is 133 cm³/mol. The van der Waals surface area contributed by atoms with E-state index in [0.717, 1.165) is 21.2 Å². The quantitative estimate of drug-likeness (QED) is 0.449. The zero-order chi connectivity index (χ0) is 24.7. The zero-order valence-corrected chi connectivity index (χ0v) is 20.7. The van der Waals surface area contributed by atoms with E-state index in [9.17, 15) is 14.4 Å². The van der Waals surface area contributed by atoms with Crippen molar-refractivity contribution < 1.29 is 23.9 Å². The molecule has 3 aromatic rings. The molecule has 0 aliphatic carbocycles. The van der Waals surface area contributed by atoms with Crippen molar-refractivity contribution in [3.8, 4) is 0 Å². The van der Waals surface area contributed by atoms with Crippen molar-refractivity contribution in [2.24, 2.45) is 0 Å². The molecule has 8 heteroatoms. The Balaban J connectivity index is 1.65. The number of ether oxygens (including phenoxy) is 2. The van der Waals surface area contributed by atoms with Gasteiger partial charge in [-0.1, -0.05) is 30.3 Å². The first-order valence-electron chi connectivity index (χ1n) is 11.1. The van der Waals surface area contributed by atoms with E-state index in [2.05, 4.69) is 10.6 Å². The topological polar surface area (TPSA) is 93.7 Å². The molecule has 7 nitrogen and oxygen atoms in total. The van der Waals surface area contributed by atoms with Crippen molar-refractivity contribution in [3.05, 3.63) is 70.6 Å². The Labute approximate surface area is 203 Å². The summed E-state index contributed by atoms with van der Waals surface area (Å²) in [6.07, 6.45) is -0.167. The summed E-state index contributed by atoms with van der Waals surface area (Å²) < 4.78 is 11.6. The number of esters is 1. The molecule has 0 fully saturated rings. The molecule has 1 heterocycles. The maximum atomic E-state index is 12.9. The van der Waals surface area contributed by atoms with Crippen molar-refractivity contribution >= 4 is 39.4 Å². The van der Waals surface area contributed by atoms with Crippen LogP contribution in [-0.2, 0) is 27.2 Å². The van der Waals surface area contributed by atoms with Crippen molar-refractivity contribution in [1.29, 1.82) is 0 Å². The van der Waals surface area contributed by atoms with Gasteiger partial charge in [-0.3, -0.25) is 4.79 Å². The van der Waals surface area contributed by atoms with Gasteiger partial charge in [-0.2, -0.15) is 0 Å². The van der Waals surface area contributed by atoms with E-state index in [0.29, 0.717) is 12.0 Å². The number of carbonyl (C=O) groups excluding carboxylic acids is 3. The Morgan fingerprint density at radius 1 is 1.03 bits per heavy atom. The molecule has 0 aliphatic rings. The van der Waals surface area contributed by atoms with Gasteiger partial charge in [0, 0.05) is 23.2 Å². The average Bonchev–Trinajstić information content (AvgIpc) is 3.19. The minimum Gasteiger partial charge on any atom is -0.464 e. The van der Waals surface area contributed by atoms with Gasteiger partial charge in [0.2, 0.25) is 0 Å². The standard InChI is InChI=1S/C26H30N2O5S/c1-5-32-24(30)21(14-19-16-34-22-9-7-6-8-20(19)22)28-23(29)18-12-10-17(11-13-18)15-27-25(31)33-26(2,3)4/h6-13,16,21H,5,14-15H2,1-4H3,(H,27,31)(H,28,29). The minimum atomic E-state index is -0.807. The Kier molecular flexibility index (Phi) is 8.28. The van der Waals surface area contributed by atoms with Crippen molar-refractivity contribution in [2.75, 3.05) is 6.61 Å². The predicted octanol–water partition coefficient (Wildman–Crippen LogP) is 4.83. The number of benzene rings is 2. The molecule has 34 heavy (non-hydrogen) atoms. The summed E-state index contributed by atoms with van der Waals surface area (Å²) in [7, 11) is 0. The smallest absolute Gasteiger partial charge is 0.407 e. The molecule has 3 rings (SSSR count). The van der Waals surface area contributed by atoms with E-state index in [1.54, 1.807) is 63.3 Å². The number of nitrogens with one attached hydrogen (secondary N) is 2. The Hall–Kier alpha value is -3.39. The van der Waals surface area contributed by atoms with E-state index in [4.69, 9.17) is 9.47 Å². The molecular weight excluding hydrogens is 452 g/mol. The number of hydrogen-bond acceptors (Lipinski definition) is 6. The van der Waals surface area contributed by atoms with Gasteiger partial charge >= 0.3 is 12.1 Å². The molecule has 2 amide bonds. The highest BCUT2D eigenvalue weighted by Crippen LogP contribution is 2.26. The van der Waals surface area contributed by atoms with E-state index in [-0.39, 0.29) is 19.1 Å². The molecule has 1 unspecified atom stereocenters. The number of alkyl carbamates (subject to hydrolysis) is 1. The number of thiophene rings is 1. The van der Waals surface area contributed by atoms with Gasteiger partial charge in [0.05, 0.1) is 6.61 Å². The third-order valence-corrected chi connectivity index (χ3v) is 5.93. The molecular formula is C26H30N2O5S. The van der Waals surface area contributed by atoms with E-state index in [1.165, 1.54) is 0 Å². The largest absolute Gasteiger partial charge is 0.464 e. The van der Waals surface area contributed by atoms with Crippen LogP contribution in [0.4, 0.5) is 4.79 Å². The molecule has 0 bridgehead atoms. The fraction of sp³-hybridized carbons (Fsp3) is 0.346.